The topological polar surface area (TPSA) is 35.5 Å². The molecule has 1 aromatic rings. The van der Waals surface area contributed by atoms with Gasteiger partial charge < -0.3 is 9.47 Å². The lowest BCUT2D eigenvalue weighted by Crippen LogP contribution is -2.18. The number of hydrogen-bond donors (Lipinski definition) is 0. The van der Waals surface area contributed by atoms with Crippen molar-refractivity contribution in [2.75, 3.05) is 6.61 Å². The van der Waals surface area contributed by atoms with E-state index in [1.54, 1.807) is 12.1 Å². The molecule has 0 atom stereocenters. The van der Waals surface area contributed by atoms with Crippen LogP contribution in [-0.4, -0.2) is 18.5 Å². The van der Waals surface area contributed by atoms with Crippen LogP contribution in [0.2, 0.25) is 5.02 Å². The van der Waals surface area contributed by atoms with Crippen molar-refractivity contribution in [3.63, 3.8) is 0 Å². The third kappa shape index (κ3) is 3.45. The van der Waals surface area contributed by atoms with Crippen LogP contribution in [0.15, 0.2) is 12.1 Å². The Morgan fingerprint density at radius 1 is 1.30 bits per heavy atom. The lowest BCUT2D eigenvalue weighted by molar-refractivity contribution is 0.0933. The molecule has 1 aliphatic rings. The van der Waals surface area contributed by atoms with Crippen molar-refractivity contribution in [3.8, 4) is 11.5 Å². The molecule has 20 heavy (non-hydrogen) atoms. The number of hydrogen-bond acceptors (Lipinski definition) is 3. The molecule has 1 heterocycles. The van der Waals surface area contributed by atoms with E-state index in [1.165, 1.54) is 0 Å². The van der Waals surface area contributed by atoms with Crippen molar-refractivity contribution in [2.24, 2.45) is 0 Å². The van der Waals surface area contributed by atoms with Crippen LogP contribution in [0.5, 0.6) is 11.5 Å². The van der Waals surface area contributed by atoms with E-state index in [0.29, 0.717) is 35.1 Å². The van der Waals surface area contributed by atoms with Gasteiger partial charge in [0.2, 0.25) is 0 Å². The van der Waals surface area contributed by atoms with Gasteiger partial charge in [0.15, 0.2) is 5.78 Å². The van der Waals surface area contributed by atoms with E-state index in [-0.39, 0.29) is 11.9 Å². The van der Waals surface area contributed by atoms with Gasteiger partial charge >= 0.3 is 0 Å². The number of ether oxygens (including phenoxy) is 2. The molecule has 0 aliphatic carbocycles. The Kier molecular flexibility index (Phi) is 5.30. The number of carbonyl (C=O) groups excluding carboxylic acids is 1. The van der Waals surface area contributed by atoms with Crippen LogP contribution in [-0.2, 0) is 0 Å². The summed E-state index contributed by atoms with van der Waals surface area (Å²) in [5, 5.41) is 0.486. The fourth-order valence-corrected chi connectivity index (χ4v) is 2.64. The van der Waals surface area contributed by atoms with Gasteiger partial charge in [0.1, 0.15) is 11.5 Å². The predicted octanol–water partition coefficient (Wildman–Crippen LogP) is 4.65. The molecular formula is C16H21ClO3. The predicted molar refractivity (Wildman–Crippen MR) is 80.1 cm³/mol. The Balaban J connectivity index is 2.21. The summed E-state index contributed by atoms with van der Waals surface area (Å²) < 4.78 is 11.5. The zero-order chi connectivity index (χ0) is 14.5. The zero-order valence-corrected chi connectivity index (χ0v) is 12.8. The SMILES string of the molecule is CCCC(CCC)Oc1cc2c(cc1Cl)C(=O)CCO2. The lowest BCUT2D eigenvalue weighted by atomic mass is 10.0. The molecule has 0 saturated heterocycles. The molecule has 0 N–H and O–H groups in total. The minimum absolute atomic E-state index is 0.0818. The van der Waals surface area contributed by atoms with E-state index in [4.69, 9.17) is 21.1 Å². The van der Waals surface area contributed by atoms with Gasteiger partial charge in [0.05, 0.1) is 23.3 Å². The molecule has 2 rings (SSSR count). The molecule has 0 spiro atoms. The van der Waals surface area contributed by atoms with Crippen LogP contribution >= 0.6 is 11.6 Å². The summed E-state index contributed by atoms with van der Waals surface area (Å²) in [6.45, 7) is 4.71. The first-order valence-electron chi connectivity index (χ1n) is 7.31. The summed E-state index contributed by atoms with van der Waals surface area (Å²) in [4.78, 5) is 11.8. The van der Waals surface area contributed by atoms with Crippen LogP contribution in [0.4, 0.5) is 0 Å². The van der Waals surface area contributed by atoms with Crippen molar-refractivity contribution >= 4 is 17.4 Å². The standard InChI is InChI=1S/C16H21ClO3/c1-3-5-11(6-4-2)20-16-10-15-12(9-13(16)17)14(18)7-8-19-15/h9-11H,3-8H2,1-2H3. The van der Waals surface area contributed by atoms with Gasteiger partial charge in [-0.3, -0.25) is 4.79 Å². The fraction of sp³-hybridized carbons (Fsp3) is 0.562. The summed E-state index contributed by atoms with van der Waals surface area (Å²) in [7, 11) is 0. The Morgan fingerprint density at radius 3 is 2.65 bits per heavy atom. The quantitative estimate of drug-likeness (QED) is 0.766. The van der Waals surface area contributed by atoms with Gasteiger partial charge in [0, 0.05) is 12.5 Å². The van der Waals surface area contributed by atoms with Gasteiger partial charge in [-0.1, -0.05) is 38.3 Å². The molecule has 1 aromatic carbocycles. The van der Waals surface area contributed by atoms with Crippen LogP contribution in [0.25, 0.3) is 0 Å². The Morgan fingerprint density at radius 2 is 2.00 bits per heavy atom. The second-order valence-electron chi connectivity index (χ2n) is 5.12. The lowest BCUT2D eigenvalue weighted by Gasteiger charge is -2.22. The molecule has 0 saturated carbocycles. The first-order valence-corrected chi connectivity index (χ1v) is 7.69. The molecule has 0 aromatic heterocycles. The van der Waals surface area contributed by atoms with Crippen LogP contribution in [0.1, 0.15) is 56.3 Å². The van der Waals surface area contributed by atoms with Crippen molar-refractivity contribution in [3.05, 3.63) is 22.7 Å². The molecule has 0 bridgehead atoms. The van der Waals surface area contributed by atoms with E-state index in [2.05, 4.69) is 13.8 Å². The van der Waals surface area contributed by atoms with Gasteiger partial charge in [-0.2, -0.15) is 0 Å². The molecule has 0 radical (unpaired) electrons. The minimum atomic E-state index is 0.0818. The third-order valence-corrected chi connectivity index (χ3v) is 3.73. The summed E-state index contributed by atoms with van der Waals surface area (Å²) in [5.41, 5.74) is 0.566. The normalized spacial score (nSPS) is 14.1. The van der Waals surface area contributed by atoms with E-state index >= 15 is 0 Å². The number of Topliss-reactive ketones (excluding diaryl/α,β-unsaturated/α-hetero) is 1. The highest BCUT2D eigenvalue weighted by Crippen LogP contribution is 2.36. The van der Waals surface area contributed by atoms with Crippen LogP contribution in [0, 0.1) is 0 Å². The number of benzene rings is 1. The number of halogens is 1. The van der Waals surface area contributed by atoms with Gasteiger partial charge in [-0.15, -0.1) is 0 Å². The molecule has 110 valence electrons. The van der Waals surface area contributed by atoms with Gasteiger partial charge in [0.25, 0.3) is 0 Å². The number of fused-ring (bicyclic) bond motifs is 1. The Bertz CT molecular complexity index is 479. The highest BCUT2D eigenvalue weighted by molar-refractivity contribution is 6.32. The second-order valence-corrected chi connectivity index (χ2v) is 5.52. The van der Waals surface area contributed by atoms with Crippen LogP contribution < -0.4 is 9.47 Å². The molecule has 0 unspecified atom stereocenters. The molecule has 4 heteroatoms. The summed E-state index contributed by atoms with van der Waals surface area (Å²) in [5.74, 6) is 1.29. The first kappa shape index (κ1) is 15.2. The Hall–Kier alpha value is -1.22. The maximum absolute atomic E-state index is 11.8. The highest BCUT2D eigenvalue weighted by Gasteiger charge is 2.22. The number of carbonyl (C=O) groups is 1. The van der Waals surface area contributed by atoms with Crippen molar-refractivity contribution in [2.45, 2.75) is 52.1 Å². The molecule has 3 nitrogen and oxygen atoms in total. The van der Waals surface area contributed by atoms with E-state index < -0.39 is 0 Å². The average molecular weight is 297 g/mol. The average Bonchev–Trinajstić information content (AvgIpc) is 2.41. The largest absolute Gasteiger partial charge is 0.492 e. The van der Waals surface area contributed by atoms with Crippen molar-refractivity contribution < 1.29 is 14.3 Å². The number of rotatable bonds is 6. The maximum Gasteiger partial charge on any atom is 0.170 e. The van der Waals surface area contributed by atoms with E-state index in [1.807, 2.05) is 0 Å². The third-order valence-electron chi connectivity index (χ3n) is 3.44. The van der Waals surface area contributed by atoms with Crippen molar-refractivity contribution in [1.82, 2.24) is 0 Å². The monoisotopic (exact) mass is 296 g/mol. The molecule has 0 fully saturated rings. The Labute approximate surface area is 125 Å². The molecule has 0 amide bonds. The fourth-order valence-electron chi connectivity index (χ4n) is 2.44. The van der Waals surface area contributed by atoms with Crippen LogP contribution in [0.3, 0.4) is 0 Å². The smallest absolute Gasteiger partial charge is 0.170 e. The minimum Gasteiger partial charge on any atom is -0.492 e. The highest BCUT2D eigenvalue weighted by atomic mass is 35.5. The molecular weight excluding hydrogens is 276 g/mol. The molecule has 1 aliphatic heterocycles. The summed E-state index contributed by atoms with van der Waals surface area (Å²) in [6.07, 6.45) is 4.73. The van der Waals surface area contributed by atoms with Crippen molar-refractivity contribution in [1.29, 1.82) is 0 Å². The second kappa shape index (κ2) is 6.98. The van der Waals surface area contributed by atoms with E-state index in [9.17, 15) is 4.79 Å². The zero-order valence-electron chi connectivity index (χ0n) is 12.1. The summed E-state index contributed by atoms with van der Waals surface area (Å²) >= 11 is 6.24. The number of ketones is 1. The first-order chi connectivity index (χ1) is 9.65. The van der Waals surface area contributed by atoms with E-state index in [0.717, 1.165) is 25.7 Å². The van der Waals surface area contributed by atoms with Gasteiger partial charge in [-0.05, 0) is 18.9 Å². The maximum atomic E-state index is 11.8. The summed E-state index contributed by atoms with van der Waals surface area (Å²) in [6, 6.07) is 3.43. The van der Waals surface area contributed by atoms with Gasteiger partial charge in [-0.25, -0.2) is 0 Å².